The monoisotopic (exact) mass is 265 g/mol. The first-order valence-corrected chi connectivity index (χ1v) is 6.93. The quantitative estimate of drug-likeness (QED) is 0.890. The van der Waals surface area contributed by atoms with Gasteiger partial charge < -0.3 is 14.7 Å². The molecule has 19 heavy (non-hydrogen) atoms. The van der Waals surface area contributed by atoms with Crippen molar-refractivity contribution in [1.82, 2.24) is 4.90 Å². The normalized spacial score (nSPS) is 31.2. The third-order valence-corrected chi connectivity index (χ3v) is 4.57. The van der Waals surface area contributed by atoms with E-state index in [2.05, 4.69) is 4.90 Å². The molecule has 0 aromatic heterocycles. The number of nitrogens with zero attached hydrogens (tertiary/aromatic N) is 1. The van der Waals surface area contributed by atoms with E-state index in [-0.39, 0.29) is 5.75 Å². The largest absolute Gasteiger partial charge is 0.494 e. The van der Waals surface area contributed by atoms with Gasteiger partial charge in [0.2, 0.25) is 0 Å². The van der Waals surface area contributed by atoms with Gasteiger partial charge in [-0.05, 0) is 38.3 Å². The number of methoxy groups -OCH3 is 1. The van der Waals surface area contributed by atoms with Crippen molar-refractivity contribution in [3.8, 4) is 5.75 Å². The zero-order valence-electron chi connectivity index (χ0n) is 11.2. The van der Waals surface area contributed by atoms with Gasteiger partial charge in [-0.25, -0.2) is 4.39 Å². The fourth-order valence-corrected chi connectivity index (χ4v) is 3.51. The Kier molecular flexibility index (Phi) is 3.23. The molecule has 0 bridgehead atoms. The fraction of sp³-hybridized carbons (Fsp3) is 0.600. The predicted octanol–water partition coefficient (Wildman–Crippen LogP) is 2.28. The molecular formula is C15H20FNO2. The minimum Gasteiger partial charge on any atom is -0.494 e. The van der Waals surface area contributed by atoms with Crippen LogP contribution in [-0.4, -0.2) is 36.2 Å². The molecule has 2 fully saturated rings. The van der Waals surface area contributed by atoms with Gasteiger partial charge in [-0.1, -0.05) is 12.1 Å². The van der Waals surface area contributed by atoms with E-state index in [4.69, 9.17) is 4.74 Å². The van der Waals surface area contributed by atoms with Crippen LogP contribution in [0, 0.1) is 5.82 Å². The van der Waals surface area contributed by atoms with Gasteiger partial charge in [0, 0.05) is 18.2 Å². The number of hydrogen-bond donors (Lipinski definition) is 1. The number of aliphatic hydroxyl groups is 1. The van der Waals surface area contributed by atoms with E-state index < -0.39 is 11.4 Å². The molecule has 2 atom stereocenters. The highest BCUT2D eigenvalue weighted by molar-refractivity contribution is 5.35. The lowest BCUT2D eigenvalue weighted by molar-refractivity contribution is -0.0434. The molecule has 2 saturated heterocycles. The van der Waals surface area contributed by atoms with Gasteiger partial charge in [0.25, 0.3) is 0 Å². The number of hydrogen-bond acceptors (Lipinski definition) is 3. The standard InChI is InChI=1S/C15H20FNO2/c1-19-13-6-2-5-12(14(13)16)15(18)7-9-17-8-3-4-11(17)10-15/h2,5-6,11,18H,3-4,7-10H2,1H3. The Bertz CT molecular complexity index is 479. The number of fused-ring (bicyclic) bond motifs is 1. The second-order valence-electron chi connectivity index (χ2n) is 5.64. The van der Waals surface area contributed by atoms with Crippen LogP contribution >= 0.6 is 0 Å². The maximum Gasteiger partial charge on any atom is 0.171 e. The van der Waals surface area contributed by atoms with Gasteiger partial charge in [-0.3, -0.25) is 0 Å². The van der Waals surface area contributed by atoms with E-state index >= 15 is 0 Å². The van der Waals surface area contributed by atoms with Crippen molar-refractivity contribution in [2.24, 2.45) is 0 Å². The molecule has 3 rings (SSSR count). The van der Waals surface area contributed by atoms with Crippen molar-refractivity contribution < 1.29 is 14.2 Å². The lowest BCUT2D eigenvalue weighted by Crippen LogP contribution is -2.46. The second kappa shape index (κ2) is 4.76. The zero-order chi connectivity index (χ0) is 13.5. The van der Waals surface area contributed by atoms with Gasteiger partial charge in [0.1, 0.15) is 0 Å². The van der Waals surface area contributed by atoms with Crippen LogP contribution in [0.15, 0.2) is 18.2 Å². The highest BCUT2D eigenvalue weighted by atomic mass is 19.1. The zero-order valence-corrected chi connectivity index (χ0v) is 11.2. The Labute approximate surface area is 113 Å². The number of ether oxygens (including phenoxy) is 1. The maximum absolute atomic E-state index is 14.3. The molecule has 0 spiro atoms. The Morgan fingerprint density at radius 3 is 3.05 bits per heavy atom. The first-order valence-electron chi connectivity index (χ1n) is 6.93. The molecule has 4 heteroatoms. The topological polar surface area (TPSA) is 32.7 Å². The van der Waals surface area contributed by atoms with Crippen molar-refractivity contribution in [2.45, 2.75) is 37.3 Å². The summed E-state index contributed by atoms with van der Waals surface area (Å²) in [5.41, 5.74) is -0.664. The molecule has 0 saturated carbocycles. The molecule has 0 radical (unpaired) electrons. The van der Waals surface area contributed by atoms with Crippen molar-refractivity contribution in [1.29, 1.82) is 0 Å². The van der Waals surface area contributed by atoms with Crippen LogP contribution in [-0.2, 0) is 5.60 Å². The minimum absolute atomic E-state index is 0.208. The molecule has 3 nitrogen and oxygen atoms in total. The molecule has 2 aliphatic rings. The third-order valence-electron chi connectivity index (χ3n) is 4.57. The summed E-state index contributed by atoms with van der Waals surface area (Å²) in [5, 5.41) is 10.9. The van der Waals surface area contributed by atoms with Crippen LogP contribution in [0.5, 0.6) is 5.75 Å². The summed E-state index contributed by atoms with van der Waals surface area (Å²) in [4.78, 5) is 2.41. The summed E-state index contributed by atoms with van der Waals surface area (Å²) in [6.07, 6.45) is 3.50. The molecule has 0 amide bonds. The molecule has 0 aliphatic carbocycles. The average Bonchev–Trinajstić information content (AvgIpc) is 2.85. The lowest BCUT2D eigenvalue weighted by Gasteiger charge is -2.41. The van der Waals surface area contributed by atoms with Crippen LogP contribution in [0.2, 0.25) is 0 Å². The molecule has 1 N–H and O–H groups in total. The number of halogens is 1. The van der Waals surface area contributed by atoms with E-state index in [1.807, 2.05) is 0 Å². The SMILES string of the molecule is COc1cccc(C2(O)CCN3CCCC3C2)c1F. The summed E-state index contributed by atoms with van der Waals surface area (Å²) < 4.78 is 19.4. The van der Waals surface area contributed by atoms with E-state index in [9.17, 15) is 9.50 Å². The van der Waals surface area contributed by atoms with Gasteiger partial charge in [-0.2, -0.15) is 0 Å². The van der Waals surface area contributed by atoms with Crippen molar-refractivity contribution in [3.05, 3.63) is 29.6 Å². The second-order valence-corrected chi connectivity index (χ2v) is 5.64. The molecule has 104 valence electrons. The summed E-state index contributed by atoms with van der Waals surface area (Å²) in [5.74, 6) is -0.210. The summed E-state index contributed by atoms with van der Waals surface area (Å²) in [6.45, 7) is 1.96. The van der Waals surface area contributed by atoms with Gasteiger partial charge >= 0.3 is 0 Å². The number of rotatable bonds is 2. The number of piperidine rings is 1. The summed E-state index contributed by atoms with van der Waals surface area (Å²) in [7, 11) is 1.45. The van der Waals surface area contributed by atoms with Crippen molar-refractivity contribution in [3.63, 3.8) is 0 Å². The maximum atomic E-state index is 14.3. The summed E-state index contributed by atoms with van der Waals surface area (Å²) in [6, 6.07) is 5.41. The molecule has 2 heterocycles. The van der Waals surface area contributed by atoms with Crippen molar-refractivity contribution in [2.75, 3.05) is 20.2 Å². The first kappa shape index (κ1) is 12.9. The highest BCUT2D eigenvalue weighted by Crippen LogP contribution is 2.41. The molecule has 2 aliphatic heterocycles. The van der Waals surface area contributed by atoms with Gasteiger partial charge in [0.05, 0.1) is 12.7 Å². The Hall–Kier alpha value is -1.13. The first-order chi connectivity index (χ1) is 9.14. The Morgan fingerprint density at radius 2 is 2.26 bits per heavy atom. The van der Waals surface area contributed by atoms with Gasteiger partial charge in [-0.15, -0.1) is 0 Å². The Morgan fingerprint density at radius 1 is 1.42 bits per heavy atom. The summed E-state index contributed by atoms with van der Waals surface area (Å²) >= 11 is 0. The lowest BCUT2D eigenvalue weighted by atomic mass is 9.80. The van der Waals surface area contributed by atoms with Crippen LogP contribution < -0.4 is 4.74 Å². The molecule has 1 aromatic rings. The minimum atomic E-state index is -1.05. The third kappa shape index (κ3) is 2.13. The fourth-order valence-electron chi connectivity index (χ4n) is 3.51. The van der Waals surface area contributed by atoms with Crippen LogP contribution in [0.4, 0.5) is 4.39 Å². The Balaban J connectivity index is 1.92. The van der Waals surface area contributed by atoms with Crippen molar-refractivity contribution >= 4 is 0 Å². The van der Waals surface area contributed by atoms with E-state index in [1.54, 1.807) is 18.2 Å². The van der Waals surface area contributed by atoms with E-state index in [1.165, 1.54) is 13.5 Å². The molecule has 2 unspecified atom stereocenters. The smallest absolute Gasteiger partial charge is 0.171 e. The van der Waals surface area contributed by atoms with Crippen LogP contribution in [0.3, 0.4) is 0 Å². The van der Waals surface area contributed by atoms with E-state index in [0.29, 0.717) is 24.4 Å². The molecular weight excluding hydrogens is 245 g/mol. The van der Waals surface area contributed by atoms with Crippen LogP contribution in [0.1, 0.15) is 31.2 Å². The van der Waals surface area contributed by atoms with Crippen LogP contribution in [0.25, 0.3) is 0 Å². The van der Waals surface area contributed by atoms with Gasteiger partial charge in [0.15, 0.2) is 11.6 Å². The average molecular weight is 265 g/mol. The highest BCUT2D eigenvalue weighted by Gasteiger charge is 2.42. The molecule has 1 aromatic carbocycles. The van der Waals surface area contributed by atoms with E-state index in [0.717, 1.165) is 19.5 Å². The number of benzene rings is 1. The predicted molar refractivity (Wildman–Crippen MR) is 70.7 cm³/mol.